The van der Waals surface area contributed by atoms with E-state index < -0.39 is 23.7 Å². The lowest BCUT2D eigenvalue weighted by Crippen LogP contribution is -2.58. The summed E-state index contributed by atoms with van der Waals surface area (Å²) in [6, 6.07) is 14.8. The molecule has 0 N–H and O–H groups in total. The van der Waals surface area contributed by atoms with Gasteiger partial charge in [0.25, 0.3) is 5.56 Å². The molecular formula is C22H17IN2O4S. The summed E-state index contributed by atoms with van der Waals surface area (Å²) in [7, 11) is 1.34. The quantitative estimate of drug-likeness (QED) is 0.376. The van der Waals surface area contributed by atoms with Crippen molar-refractivity contribution < 1.29 is 14.3 Å². The molecule has 3 atom stereocenters. The van der Waals surface area contributed by atoms with E-state index in [0.29, 0.717) is 15.1 Å². The van der Waals surface area contributed by atoms with Gasteiger partial charge in [-0.15, -0.1) is 0 Å². The number of methoxy groups -OCH3 is 1. The molecule has 3 aromatic rings. The Hall–Kier alpha value is -2.46. The van der Waals surface area contributed by atoms with Gasteiger partial charge < -0.3 is 9.47 Å². The number of rotatable bonds is 2. The molecule has 0 spiro atoms. The van der Waals surface area contributed by atoms with Gasteiger partial charge in [0.05, 0.1) is 17.7 Å². The molecule has 0 amide bonds. The molecule has 0 radical (unpaired) electrons. The van der Waals surface area contributed by atoms with Gasteiger partial charge in [-0.25, -0.2) is 4.99 Å². The lowest BCUT2D eigenvalue weighted by molar-refractivity contribution is -0.158. The Kier molecular flexibility index (Phi) is 4.59. The number of fused-ring (bicyclic) bond motifs is 6. The van der Waals surface area contributed by atoms with Gasteiger partial charge in [-0.2, -0.15) is 0 Å². The van der Waals surface area contributed by atoms with E-state index in [4.69, 9.17) is 14.5 Å². The number of halogens is 1. The fourth-order valence-corrected chi connectivity index (χ4v) is 5.85. The van der Waals surface area contributed by atoms with E-state index in [0.717, 1.165) is 14.7 Å². The highest BCUT2D eigenvalue weighted by atomic mass is 127. The molecule has 3 unspecified atom stereocenters. The molecule has 2 aliphatic heterocycles. The summed E-state index contributed by atoms with van der Waals surface area (Å²) in [6.45, 7) is 1.77. The number of hydrogen-bond acceptors (Lipinski definition) is 6. The molecule has 0 saturated heterocycles. The smallest absolute Gasteiger partial charge is 0.317 e. The third-order valence-electron chi connectivity index (χ3n) is 5.48. The van der Waals surface area contributed by atoms with Gasteiger partial charge in [0.2, 0.25) is 5.72 Å². The second kappa shape index (κ2) is 7.05. The summed E-state index contributed by atoms with van der Waals surface area (Å²) in [5.74, 6) is -0.587. The molecule has 5 rings (SSSR count). The number of esters is 1. The number of nitrogens with zero attached hydrogens (tertiary/aromatic N) is 2. The van der Waals surface area contributed by atoms with Crippen LogP contribution < -0.4 is 19.6 Å². The molecule has 8 heteroatoms. The largest absolute Gasteiger partial charge is 0.469 e. The predicted octanol–water partition coefficient (Wildman–Crippen LogP) is 2.46. The molecule has 1 aromatic heterocycles. The van der Waals surface area contributed by atoms with E-state index in [9.17, 15) is 9.59 Å². The number of hydrogen-bond donors (Lipinski definition) is 0. The third-order valence-corrected chi connectivity index (χ3v) is 7.14. The summed E-state index contributed by atoms with van der Waals surface area (Å²) in [4.78, 5) is 31.5. The Morgan fingerprint density at radius 1 is 1.30 bits per heavy atom. The Bertz CT molecular complexity index is 1360. The fraction of sp³-hybridized carbons (Fsp3) is 0.227. The van der Waals surface area contributed by atoms with Crippen LogP contribution in [0.1, 0.15) is 24.1 Å². The van der Waals surface area contributed by atoms with E-state index in [-0.39, 0.29) is 5.56 Å². The zero-order valence-corrected chi connectivity index (χ0v) is 19.1. The minimum atomic E-state index is -1.15. The number of carbonyl (C=O) groups excluding carboxylic acids is 1. The third kappa shape index (κ3) is 2.92. The molecule has 2 aromatic carbocycles. The van der Waals surface area contributed by atoms with Crippen molar-refractivity contribution in [2.75, 3.05) is 7.11 Å². The van der Waals surface area contributed by atoms with Gasteiger partial charge in [-0.3, -0.25) is 14.2 Å². The summed E-state index contributed by atoms with van der Waals surface area (Å²) in [5, 5.41) is 0. The molecule has 30 heavy (non-hydrogen) atoms. The van der Waals surface area contributed by atoms with Crippen LogP contribution in [0.5, 0.6) is 5.75 Å². The average Bonchev–Trinajstić information content (AvgIpc) is 3.00. The highest BCUT2D eigenvalue weighted by Gasteiger charge is 2.55. The normalized spacial score (nSPS) is 24.3. The fourth-order valence-electron chi connectivity index (χ4n) is 4.18. The molecular weight excluding hydrogens is 515 g/mol. The van der Waals surface area contributed by atoms with Crippen LogP contribution in [0.25, 0.3) is 6.08 Å². The van der Waals surface area contributed by atoms with Crippen LogP contribution in [0.15, 0.2) is 58.3 Å². The van der Waals surface area contributed by atoms with Gasteiger partial charge in [-0.05, 0) is 59.4 Å². The number of carbonyl (C=O) groups is 1. The van der Waals surface area contributed by atoms with Crippen LogP contribution in [0.2, 0.25) is 0 Å². The minimum absolute atomic E-state index is 0.171. The van der Waals surface area contributed by atoms with Crippen molar-refractivity contribution in [3.63, 3.8) is 0 Å². The van der Waals surface area contributed by atoms with Crippen molar-refractivity contribution in [2.45, 2.75) is 18.7 Å². The van der Waals surface area contributed by atoms with Crippen LogP contribution in [0, 0.1) is 9.49 Å². The van der Waals surface area contributed by atoms with Gasteiger partial charge in [0.15, 0.2) is 4.80 Å². The summed E-state index contributed by atoms with van der Waals surface area (Å²) >= 11 is 3.55. The first-order valence-corrected chi connectivity index (χ1v) is 11.2. The van der Waals surface area contributed by atoms with Crippen LogP contribution >= 0.6 is 33.9 Å². The van der Waals surface area contributed by atoms with Gasteiger partial charge in [-0.1, -0.05) is 41.7 Å². The molecule has 6 nitrogen and oxygen atoms in total. The van der Waals surface area contributed by atoms with Crippen molar-refractivity contribution in [3.05, 3.63) is 82.9 Å². The van der Waals surface area contributed by atoms with E-state index in [1.165, 1.54) is 18.4 Å². The number of aromatic nitrogens is 1. The van der Waals surface area contributed by atoms with Crippen molar-refractivity contribution in [1.82, 2.24) is 4.57 Å². The lowest BCUT2D eigenvalue weighted by Gasteiger charge is -2.44. The Morgan fingerprint density at radius 3 is 2.87 bits per heavy atom. The minimum Gasteiger partial charge on any atom is -0.469 e. The number of ether oxygens (including phenoxy) is 2. The summed E-state index contributed by atoms with van der Waals surface area (Å²) < 4.78 is 14.5. The highest BCUT2D eigenvalue weighted by Crippen LogP contribution is 2.47. The molecule has 0 fully saturated rings. The molecule has 3 heterocycles. The zero-order chi connectivity index (χ0) is 21.0. The van der Waals surface area contributed by atoms with Crippen molar-refractivity contribution in [2.24, 2.45) is 10.9 Å². The van der Waals surface area contributed by atoms with Crippen molar-refractivity contribution in [1.29, 1.82) is 0 Å². The number of para-hydroxylation sites is 1. The molecule has 0 aliphatic carbocycles. The van der Waals surface area contributed by atoms with Crippen LogP contribution in [0.4, 0.5) is 0 Å². The zero-order valence-electron chi connectivity index (χ0n) is 16.2. The lowest BCUT2D eigenvalue weighted by atomic mass is 9.81. The summed E-state index contributed by atoms with van der Waals surface area (Å²) in [5.41, 5.74) is 0.397. The van der Waals surface area contributed by atoms with E-state index in [1.807, 2.05) is 54.6 Å². The maximum absolute atomic E-state index is 13.5. The first-order chi connectivity index (χ1) is 14.4. The summed E-state index contributed by atoms with van der Waals surface area (Å²) in [6.07, 6.45) is 1.86. The van der Waals surface area contributed by atoms with Crippen LogP contribution in [0.3, 0.4) is 0 Å². The van der Waals surface area contributed by atoms with E-state index >= 15 is 0 Å². The SMILES string of the molecule is COC(=O)C1C2c3ccccc3OC1(C)N=c1s/c(=C\c3cccc(I)c3)c(=O)n12. The Balaban J connectivity index is 1.80. The Labute approximate surface area is 189 Å². The van der Waals surface area contributed by atoms with Gasteiger partial charge in [0.1, 0.15) is 11.7 Å². The Morgan fingerprint density at radius 2 is 2.10 bits per heavy atom. The number of benzene rings is 2. The van der Waals surface area contributed by atoms with Crippen molar-refractivity contribution in [3.8, 4) is 5.75 Å². The van der Waals surface area contributed by atoms with E-state index in [2.05, 4.69) is 22.6 Å². The van der Waals surface area contributed by atoms with Gasteiger partial charge >= 0.3 is 5.97 Å². The average molecular weight is 532 g/mol. The number of thiazole rings is 1. The molecule has 0 saturated carbocycles. The molecule has 152 valence electrons. The molecule has 2 bridgehead atoms. The van der Waals surface area contributed by atoms with Crippen LogP contribution in [-0.4, -0.2) is 23.4 Å². The monoisotopic (exact) mass is 532 g/mol. The first-order valence-electron chi connectivity index (χ1n) is 9.35. The van der Waals surface area contributed by atoms with Gasteiger partial charge in [0, 0.05) is 9.13 Å². The maximum atomic E-state index is 13.5. The van der Waals surface area contributed by atoms with Crippen molar-refractivity contribution >= 4 is 46.0 Å². The van der Waals surface area contributed by atoms with Crippen LogP contribution in [-0.2, 0) is 9.53 Å². The second-order valence-electron chi connectivity index (χ2n) is 7.38. The maximum Gasteiger partial charge on any atom is 0.317 e. The molecule has 2 aliphatic rings. The topological polar surface area (TPSA) is 69.9 Å². The second-order valence-corrected chi connectivity index (χ2v) is 9.63. The predicted molar refractivity (Wildman–Crippen MR) is 121 cm³/mol. The highest BCUT2D eigenvalue weighted by molar-refractivity contribution is 14.1. The first kappa shape index (κ1) is 19.5. The standard InChI is InChI=1S/C22H17IN2O4S/c1-22-17(20(27)28-2)18(14-8-3-4-9-15(14)29-22)25-19(26)16(30-21(25)24-22)11-12-6-5-7-13(23)10-12/h3-11,17-18H,1-2H3/b16-11-. The van der Waals surface area contributed by atoms with E-state index in [1.54, 1.807) is 11.5 Å².